The molecule has 0 unspecified atom stereocenters. The smallest absolute Gasteiger partial charge is 0.148 e. The number of methoxy groups -OCH3 is 1. The van der Waals surface area contributed by atoms with E-state index in [0.29, 0.717) is 17.9 Å². The Morgan fingerprint density at radius 3 is 2.83 bits per heavy atom. The minimum atomic E-state index is 0.519. The summed E-state index contributed by atoms with van der Waals surface area (Å²) in [6.07, 6.45) is 1.87. The number of nitrogen functional groups attached to an aromatic ring is 1. The van der Waals surface area contributed by atoms with E-state index in [0.717, 1.165) is 16.9 Å². The number of nitrogens with zero attached hydrogens (tertiary/aromatic N) is 3. The third kappa shape index (κ3) is 2.28. The van der Waals surface area contributed by atoms with Crippen LogP contribution in [0.25, 0.3) is 0 Å². The zero-order valence-electron chi connectivity index (χ0n) is 10.3. The lowest BCUT2D eigenvalue weighted by atomic mass is 10.1. The van der Waals surface area contributed by atoms with Crippen molar-refractivity contribution in [2.45, 2.75) is 13.5 Å². The van der Waals surface area contributed by atoms with Gasteiger partial charge in [-0.2, -0.15) is 10.4 Å². The fraction of sp³-hybridized carbons (Fsp3) is 0.231. The Balaban J connectivity index is 2.35. The number of aromatic nitrogens is 2. The maximum absolute atomic E-state index is 8.91. The molecule has 1 heterocycles. The summed E-state index contributed by atoms with van der Waals surface area (Å²) in [5, 5.41) is 13.1. The first kappa shape index (κ1) is 12.0. The summed E-state index contributed by atoms with van der Waals surface area (Å²) >= 11 is 0. The second kappa shape index (κ2) is 4.80. The molecule has 0 aliphatic heterocycles. The van der Waals surface area contributed by atoms with E-state index in [2.05, 4.69) is 11.2 Å². The van der Waals surface area contributed by atoms with Crippen molar-refractivity contribution in [1.29, 1.82) is 5.26 Å². The summed E-state index contributed by atoms with van der Waals surface area (Å²) < 4.78 is 7.01. The molecule has 0 saturated heterocycles. The lowest BCUT2D eigenvalue weighted by Gasteiger charge is -2.08. The van der Waals surface area contributed by atoms with Crippen molar-refractivity contribution < 1.29 is 4.74 Å². The summed E-state index contributed by atoms with van der Waals surface area (Å²) in [5.74, 6) is 1.26. The summed E-state index contributed by atoms with van der Waals surface area (Å²) in [6.45, 7) is 2.43. The van der Waals surface area contributed by atoms with Crippen LogP contribution < -0.4 is 10.5 Å². The van der Waals surface area contributed by atoms with E-state index in [1.807, 2.05) is 13.1 Å². The molecule has 0 fully saturated rings. The number of nitrogens with two attached hydrogens (primary N) is 1. The second-order valence-corrected chi connectivity index (χ2v) is 4.03. The molecule has 0 amide bonds. The van der Waals surface area contributed by atoms with Gasteiger partial charge in [0.2, 0.25) is 0 Å². The number of hydrogen-bond acceptors (Lipinski definition) is 4. The van der Waals surface area contributed by atoms with Gasteiger partial charge in [-0.15, -0.1) is 0 Å². The number of aryl methyl sites for hydroxylation is 1. The van der Waals surface area contributed by atoms with E-state index < -0.39 is 0 Å². The zero-order valence-corrected chi connectivity index (χ0v) is 10.3. The topological polar surface area (TPSA) is 76.9 Å². The van der Waals surface area contributed by atoms with E-state index in [4.69, 9.17) is 15.7 Å². The van der Waals surface area contributed by atoms with Gasteiger partial charge < -0.3 is 10.5 Å². The van der Waals surface area contributed by atoms with Gasteiger partial charge >= 0.3 is 0 Å². The van der Waals surface area contributed by atoms with Crippen molar-refractivity contribution in [1.82, 2.24) is 9.78 Å². The van der Waals surface area contributed by atoms with Crippen LogP contribution in [-0.4, -0.2) is 16.9 Å². The van der Waals surface area contributed by atoms with Crippen LogP contribution in [0.2, 0.25) is 0 Å². The maximum Gasteiger partial charge on any atom is 0.148 e. The number of nitriles is 1. The largest absolute Gasteiger partial charge is 0.496 e. The first-order valence-electron chi connectivity index (χ1n) is 5.50. The molecule has 0 saturated carbocycles. The van der Waals surface area contributed by atoms with Crippen LogP contribution >= 0.6 is 0 Å². The van der Waals surface area contributed by atoms with Crippen LogP contribution in [-0.2, 0) is 6.54 Å². The van der Waals surface area contributed by atoms with Gasteiger partial charge in [-0.3, -0.25) is 4.68 Å². The van der Waals surface area contributed by atoms with Gasteiger partial charge in [-0.05, 0) is 25.1 Å². The maximum atomic E-state index is 8.91. The third-order valence-electron chi connectivity index (χ3n) is 2.72. The van der Waals surface area contributed by atoms with E-state index in [1.54, 1.807) is 30.0 Å². The minimum Gasteiger partial charge on any atom is -0.496 e. The van der Waals surface area contributed by atoms with E-state index in [1.165, 1.54) is 0 Å². The van der Waals surface area contributed by atoms with Crippen LogP contribution in [0.5, 0.6) is 5.75 Å². The summed E-state index contributed by atoms with van der Waals surface area (Å²) in [4.78, 5) is 0. The molecule has 92 valence electrons. The lowest BCUT2D eigenvalue weighted by molar-refractivity contribution is 0.407. The second-order valence-electron chi connectivity index (χ2n) is 4.03. The molecule has 1 aromatic carbocycles. The van der Waals surface area contributed by atoms with Gasteiger partial charge in [-0.25, -0.2) is 0 Å². The molecule has 0 atom stereocenters. The highest BCUT2D eigenvalue weighted by Gasteiger charge is 2.07. The summed E-state index contributed by atoms with van der Waals surface area (Å²) in [5.41, 5.74) is 8.14. The molecule has 1 aromatic heterocycles. The SMILES string of the molecule is COc1ccc(C#N)cc1Cn1cc(C)c(N)n1. The summed E-state index contributed by atoms with van der Waals surface area (Å²) in [6, 6.07) is 7.42. The molecule has 18 heavy (non-hydrogen) atoms. The van der Waals surface area contributed by atoms with Crippen molar-refractivity contribution >= 4 is 5.82 Å². The van der Waals surface area contributed by atoms with Gasteiger partial charge in [0.05, 0.1) is 25.3 Å². The highest BCUT2D eigenvalue weighted by atomic mass is 16.5. The van der Waals surface area contributed by atoms with Crippen molar-refractivity contribution in [2.24, 2.45) is 0 Å². The van der Waals surface area contributed by atoms with Gasteiger partial charge in [0.15, 0.2) is 0 Å². The standard InChI is InChI=1S/C13H14N4O/c1-9-7-17(16-13(9)15)8-11-5-10(6-14)3-4-12(11)18-2/h3-5,7H,8H2,1-2H3,(H2,15,16). The molecule has 5 nitrogen and oxygen atoms in total. The predicted octanol–water partition coefficient (Wildman–Crippen LogP) is 1.70. The highest BCUT2D eigenvalue weighted by molar-refractivity contribution is 5.42. The normalized spacial score (nSPS) is 10.1. The minimum absolute atomic E-state index is 0.519. The third-order valence-corrected chi connectivity index (χ3v) is 2.72. The molecule has 5 heteroatoms. The highest BCUT2D eigenvalue weighted by Crippen LogP contribution is 2.21. The molecule has 2 rings (SSSR count). The zero-order chi connectivity index (χ0) is 13.1. The molecule has 2 aromatic rings. The van der Waals surface area contributed by atoms with Crippen LogP contribution in [0, 0.1) is 18.3 Å². The monoisotopic (exact) mass is 242 g/mol. The van der Waals surface area contributed by atoms with Gasteiger partial charge in [0.25, 0.3) is 0 Å². The van der Waals surface area contributed by atoms with E-state index in [9.17, 15) is 0 Å². The molecular weight excluding hydrogens is 228 g/mol. The Kier molecular flexibility index (Phi) is 3.20. The van der Waals surface area contributed by atoms with Gasteiger partial charge in [0.1, 0.15) is 11.6 Å². The molecule has 0 aliphatic carbocycles. The molecule has 0 spiro atoms. The average molecular weight is 242 g/mol. The Morgan fingerprint density at radius 2 is 2.28 bits per heavy atom. The summed E-state index contributed by atoms with van der Waals surface area (Å²) in [7, 11) is 1.60. The predicted molar refractivity (Wildman–Crippen MR) is 68.2 cm³/mol. The number of rotatable bonds is 3. The molecule has 0 bridgehead atoms. The van der Waals surface area contributed by atoms with Crippen LogP contribution in [0.4, 0.5) is 5.82 Å². The number of ether oxygens (including phenoxy) is 1. The lowest BCUT2D eigenvalue weighted by Crippen LogP contribution is -2.03. The number of benzene rings is 1. The van der Waals surface area contributed by atoms with Crippen molar-refractivity contribution in [3.05, 3.63) is 41.1 Å². The van der Waals surface area contributed by atoms with Crippen LogP contribution in [0.3, 0.4) is 0 Å². The average Bonchev–Trinajstić information content (AvgIpc) is 2.68. The molecule has 0 radical (unpaired) electrons. The van der Waals surface area contributed by atoms with Crippen LogP contribution in [0.1, 0.15) is 16.7 Å². The Bertz CT molecular complexity index is 590. The van der Waals surface area contributed by atoms with Gasteiger partial charge in [-0.1, -0.05) is 0 Å². The fourth-order valence-electron chi connectivity index (χ4n) is 1.76. The van der Waals surface area contributed by atoms with Crippen molar-refractivity contribution in [3.8, 4) is 11.8 Å². The quantitative estimate of drug-likeness (QED) is 0.888. The first-order chi connectivity index (χ1) is 8.63. The van der Waals surface area contributed by atoms with Crippen LogP contribution in [0.15, 0.2) is 24.4 Å². The Morgan fingerprint density at radius 1 is 1.50 bits per heavy atom. The van der Waals surface area contributed by atoms with Crippen molar-refractivity contribution in [3.63, 3.8) is 0 Å². The Hall–Kier alpha value is -2.48. The number of anilines is 1. The number of hydrogen-bond donors (Lipinski definition) is 1. The Labute approximate surface area is 105 Å². The fourth-order valence-corrected chi connectivity index (χ4v) is 1.76. The molecule has 0 aliphatic rings. The molecular formula is C13H14N4O. The molecule has 2 N–H and O–H groups in total. The van der Waals surface area contributed by atoms with Gasteiger partial charge in [0, 0.05) is 17.3 Å². The van der Waals surface area contributed by atoms with E-state index in [-0.39, 0.29) is 0 Å². The van der Waals surface area contributed by atoms with E-state index >= 15 is 0 Å². The first-order valence-corrected chi connectivity index (χ1v) is 5.50. The van der Waals surface area contributed by atoms with Crippen molar-refractivity contribution in [2.75, 3.05) is 12.8 Å².